The molecule has 24 heavy (non-hydrogen) atoms. The fraction of sp³-hybridized carbons (Fsp3) is 0.368. The molecule has 1 saturated heterocycles. The van der Waals surface area contributed by atoms with E-state index in [-0.39, 0.29) is 11.6 Å². The average molecular weight is 327 g/mol. The van der Waals surface area contributed by atoms with Crippen molar-refractivity contribution in [2.75, 3.05) is 19.6 Å². The van der Waals surface area contributed by atoms with Gasteiger partial charge in [0.1, 0.15) is 0 Å². The average Bonchev–Trinajstić information content (AvgIpc) is 2.64. The van der Waals surface area contributed by atoms with Crippen LogP contribution in [0.3, 0.4) is 0 Å². The zero-order valence-electron chi connectivity index (χ0n) is 13.6. The second-order valence-corrected chi connectivity index (χ2v) is 6.09. The second-order valence-electron chi connectivity index (χ2n) is 6.09. The number of pyridine rings is 1. The summed E-state index contributed by atoms with van der Waals surface area (Å²) in [5, 5.41) is 2.89. The molecule has 1 fully saturated rings. The molecule has 2 heterocycles. The summed E-state index contributed by atoms with van der Waals surface area (Å²) in [6.07, 6.45) is 6.10. The van der Waals surface area contributed by atoms with Crippen LogP contribution in [0.4, 0.5) is 4.39 Å². The molecule has 1 amide bonds. The van der Waals surface area contributed by atoms with Crippen LogP contribution >= 0.6 is 0 Å². The molecule has 126 valence electrons. The molecule has 1 aromatic carbocycles. The molecule has 1 N–H and O–H groups in total. The molecular formula is C19H22FN3O. The van der Waals surface area contributed by atoms with Crippen molar-refractivity contribution in [1.29, 1.82) is 0 Å². The van der Waals surface area contributed by atoms with Crippen LogP contribution in [0.1, 0.15) is 41.2 Å². The fourth-order valence-electron chi connectivity index (χ4n) is 3.21. The van der Waals surface area contributed by atoms with Crippen LogP contribution < -0.4 is 5.32 Å². The third-order valence-corrected chi connectivity index (χ3v) is 4.49. The van der Waals surface area contributed by atoms with E-state index in [1.54, 1.807) is 0 Å². The minimum atomic E-state index is -0.593. The summed E-state index contributed by atoms with van der Waals surface area (Å²) in [5.74, 6) is -0.989. The van der Waals surface area contributed by atoms with Gasteiger partial charge in [0.2, 0.25) is 0 Å². The summed E-state index contributed by atoms with van der Waals surface area (Å²) in [6, 6.07) is 11.7. The lowest BCUT2D eigenvalue weighted by atomic mass is 10.0. The predicted octanol–water partition coefficient (Wildman–Crippen LogP) is 3.18. The molecule has 4 nitrogen and oxygen atoms in total. The van der Waals surface area contributed by atoms with E-state index in [9.17, 15) is 9.18 Å². The van der Waals surface area contributed by atoms with Crippen molar-refractivity contribution in [3.8, 4) is 0 Å². The highest BCUT2D eigenvalue weighted by Crippen LogP contribution is 2.24. The first-order valence-electron chi connectivity index (χ1n) is 8.42. The third-order valence-electron chi connectivity index (χ3n) is 4.49. The molecule has 1 atom stereocenters. The van der Waals surface area contributed by atoms with Crippen LogP contribution in [0.15, 0.2) is 48.8 Å². The SMILES string of the molecule is O=C(NC[C@H](c1ccccc1)N1CCCCC1)c1ccncc1F. The monoisotopic (exact) mass is 327 g/mol. The maximum absolute atomic E-state index is 13.7. The summed E-state index contributed by atoms with van der Waals surface area (Å²) in [4.78, 5) is 18.4. The number of aromatic nitrogens is 1. The Morgan fingerprint density at radius 3 is 2.62 bits per heavy atom. The van der Waals surface area contributed by atoms with Crippen molar-refractivity contribution in [1.82, 2.24) is 15.2 Å². The zero-order valence-corrected chi connectivity index (χ0v) is 13.6. The first-order chi connectivity index (χ1) is 11.8. The van der Waals surface area contributed by atoms with Gasteiger partial charge in [0, 0.05) is 12.7 Å². The standard InChI is InChI=1S/C19H22FN3O/c20-17-13-21-10-9-16(17)19(24)22-14-18(15-7-3-1-4-8-15)23-11-5-2-6-12-23/h1,3-4,7-10,13,18H,2,5-6,11-12,14H2,(H,22,24)/t18-/m1/s1. The number of halogens is 1. The largest absolute Gasteiger partial charge is 0.350 e. The van der Waals surface area contributed by atoms with Crippen LogP contribution in [-0.4, -0.2) is 35.4 Å². The Balaban J connectivity index is 1.72. The van der Waals surface area contributed by atoms with Gasteiger partial charge in [-0.05, 0) is 37.6 Å². The van der Waals surface area contributed by atoms with E-state index in [2.05, 4.69) is 27.3 Å². The number of carbonyl (C=O) groups excluding carboxylic acids is 1. The number of rotatable bonds is 5. The van der Waals surface area contributed by atoms with Gasteiger partial charge in [-0.1, -0.05) is 36.8 Å². The number of likely N-dealkylation sites (tertiary alicyclic amines) is 1. The Morgan fingerprint density at radius 1 is 1.17 bits per heavy atom. The first kappa shape index (κ1) is 16.6. The van der Waals surface area contributed by atoms with E-state index >= 15 is 0 Å². The van der Waals surface area contributed by atoms with Crippen LogP contribution in [0.25, 0.3) is 0 Å². The van der Waals surface area contributed by atoms with E-state index in [1.807, 2.05) is 18.2 Å². The normalized spacial score (nSPS) is 16.5. The van der Waals surface area contributed by atoms with Crippen molar-refractivity contribution in [2.24, 2.45) is 0 Å². The molecular weight excluding hydrogens is 305 g/mol. The van der Waals surface area contributed by atoms with Crippen molar-refractivity contribution >= 4 is 5.91 Å². The van der Waals surface area contributed by atoms with E-state index in [4.69, 9.17) is 0 Å². The third kappa shape index (κ3) is 3.97. The van der Waals surface area contributed by atoms with Gasteiger partial charge in [0.15, 0.2) is 5.82 Å². The van der Waals surface area contributed by atoms with Crippen molar-refractivity contribution in [2.45, 2.75) is 25.3 Å². The number of amides is 1. The van der Waals surface area contributed by atoms with Gasteiger partial charge in [-0.25, -0.2) is 4.39 Å². The molecule has 0 bridgehead atoms. The smallest absolute Gasteiger partial charge is 0.254 e. The molecule has 5 heteroatoms. The number of hydrogen-bond donors (Lipinski definition) is 1. The van der Waals surface area contributed by atoms with E-state index in [1.165, 1.54) is 37.1 Å². The molecule has 1 aliphatic heterocycles. The number of carbonyl (C=O) groups is 1. The lowest BCUT2D eigenvalue weighted by molar-refractivity contribution is 0.0920. The maximum Gasteiger partial charge on any atom is 0.254 e. The highest BCUT2D eigenvalue weighted by molar-refractivity contribution is 5.94. The first-order valence-corrected chi connectivity index (χ1v) is 8.42. The summed E-state index contributed by atoms with van der Waals surface area (Å²) in [6.45, 7) is 2.52. The maximum atomic E-state index is 13.7. The Morgan fingerprint density at radius 2 is 1.92 bits per heavy atom. The fourth-order valence-corrected chi connectivity index (χ4v) is 3.21. The van der Waals surface area contributed by atoms with Crippen molar-refractivity contribution in [3.05, 3.63) is 65.7 Å². The van der Waals surface area contributed by atoms with Gasteiger partial charge in [-0.2, -0.15) is 0 Å². The van der Waals surface area contributed by atoms with E-state index in [0.29, 0.717) is 6.54 Å². The summed E-state index contributed by atoms with van der Waals surface area (Å²) in [7, 11) is 0. The Bertz CT molecular complexity index is 671. The van der Waals surface area contributed by atoms with Gasteiger partial charge in [-0.3, -0.25) is 14.7 Å². The number of benzene rings is 1. The van der Waals surface area contributed by atoms with E-state index in [0.717, 1.165) is 19.3 Å². The highest BCUT2D eigenvalue weighted by Gasteiger charge is 2.23. The molecule has 3 rings (SSSR count). The van der Waals surface area contributed by atoms with Gasteiger partial charge < -0.3 is 5.32 Å². The topological polar surface area (TPSA) is 45.2 Å². The Kier molecular flexibility index (Phi) is 5.54. The number of piperidine rings is 1. The van der Waals surface area contributed by atoms with Gasteiger partial charge in [-0.15, -0.1) is 0 Å². The molecule has 0 spiro atoms. The molecule has 0 aliphatic carbocycles. The highest BCUT2D eigenvalue weighted by atomic mass is 19.1. The zero-order chi connectivity index (χ0) is 16.8. The number of nitrogens with one attached hydrogen (secondary N) is 1. The minimum absolute atomic E-state index is 0.0375. The molecule has 1 aromatic heterocycles. The van der Waals surface area contributed by atoms with Crippen LogP contribution in [0.2, 0.25) is 0 Å². The molecule has 0 unspecified atom stereocenters. The summed E-state index contributed by atoms with van der Waals surface area (Å²) in [5.41, 5.74) is 1.21. The minimum Gasteiger partial charge on any atom is -0.350 e. The predicted molar refractivity (Wildman–Crippen MR) is 91.1 cm³/mol. The second kappa shape index (κ2) is 8.02. The molecule has 0 radical (unpaired) electrons. The van der Waals surface area contributed by atoms with Crippen molar-refractivity contribution < 1.29 is 9.18 Å². The van der Waals surface area contributed by atoms with Crippen molar-refractivity contribution in [3.63, 3.8) is 0 Å². The molecule has 2 aromatic rings. The number of nitrogens with zero attached hydrogens (tertiary/aromatic N) is 2. The van der Waals surface area contributed by atoms with Crippen LogP contribution in [0.5, 0.6) is 0 Å². The molecule has 1 aliphatic rings. The lowest BCUT2D eigenvalue weighted by Gasteiger charge is -2.35. The molecule has 0 saturated carbocycles. The van der Waals surface area contributed by atoms with Crippen LogP contribution in [0, 0.1) is 5.82 Å². The Hall–Kier alpha value is -2.27. The summed E-state index contributed by atoms with van der Waals surface area (Å²) < 4.78 is 13.7. The summed E-state index contributed by atoms with van der Waals surface area (Å²) >= 11 is 0. The van der Waals surface area contributed by atoms with Crippen LogP contribution in [-0.2, 0) is 0 Å². The Labute approximate surface area is 141 Å². The number of hydrogen-bond acceptors (Lipinski definition) is 3. The van der Waals surface area contributed by atoms with E-state index < -0.39 is 11.7 Å². The van der Waals surface area contributed by atoms with Gasteiger partial charge in [0.25, 0.3) is 5.91 Å². The quantitative estimate of drug-likeness (QED) is 0.917. The van der Waals surface area contributed by atoms with Gasteiger partial charge in [0.05, 0.1) is 17.8 Å². The lowest BCUT2D eigenvalue weighted by Crippen LogP contribution is -2.40. The van der Waals surface area contributed by atoms with Gasteiger partial charge >= 0.3 is 0 Å².